The molecule has 1 aromatic carbocycles. The molecule has 0 unspecified atom stereocenters. The Morgan fingerprint density at radius 1 is 1.24 bits per heavy atom. The monoisotopic (exact) mass is 283 g/mol. The molecule has 1 saturated carbocycles. The lowest BCUT2D eigenvalue weighted by Gasteiger charge is -2.25. The highest BCUT2D eigenvalue weighted by Crippen LogP contribution is 2.37. The van der Waals surface area contributed by atoms with Crippen molar-refractivity contribution < 1.29 is 4.92 Å². The summed E-state index contributed by atoms with van der Waals surface area (Å²) >= 11 is 0. The average Bonchev–Trinajstić information content (AvgIpc) is 2.45. The second-order valence-corrected chi connectivity index (χ2v) is 5.35. The molecule has 5 nitrogen and oxygen atoms in total. The number of nitro groups is 1. The van der Waals surface area contributed by atoms with Crippen LogP contribution in [0.15, 0.2) is 36.4 Å². The molecule has 1 N–H and O–H groups in total. The van der Waals surface area contributed by atoms with Crippen molar-refractivity contribution in [3.05, 3.63) is 52.1 Å². The fourth-order valence-electron chi connectivity index (χ4n) is 2.57. The molecule has 5 heteroatoms. The lowest BCUT2D eigenvalue weighted by molar-refractivity contribution is -0.384. The molecule has 0 bridgehead atoms. The molecule has 1 heterocycles. The maximum atomic E-state index is 11.0. The van der Waals surface area contributed by atoms with Crippen molar-refractivity contribution in [2.45, 2.75) is 25.2 Å². The largest absolute Gasteiger partial charge is 0.373 e. The van der Waals surface area contributed by atoms with E-state index in [1.54, 1.807) is 7.05 Å². The summed E-state index contributed by atoms with van der Waals surface area (Å²) in [6.07, 6.45) is 3.83. The van der Waals surface area contributed by atoms with Gasteiger partial charge in [0.05, 0.1) is 16.7 Å². The number of aromatic nitrogens is 1. The summed E-state index contributed by atoms with van der Waals surface area (Å²) in [6.45, 7) is 0. The zero-order valence-corrected chi connectivity index (χ0v) is 11.9. The third-order valence-electron chi connectivity index (χ3n) is 4.06. The van der Waals surface area contributed by atoms with Crippen LogP contribution in [0.4, 0.5) is 11.5 Å². The highest BCUT2D eigenvalue weighted by Gasteiger charge is 2.19. The summed E-state index contributed by atoms with van der Waals surface area (Å²) in [7, 11) is 1.70. The first-order chi connectivity index (χ1) is 10.2. The maximum absolute atomic E-state index is 11.0. The van der Waals surface area contributed by atoms with E-state index in [4.69, 9.17) is 0 Å². The summed E-state index contributed by atoms with van der Waals surface area (Å²) in [5, 5.41) is 13.9. The Morgan fingerprint density at radius 2 is 1.95 bits per heavy atom. The molecule has 1 fully saturated rings. The predicted octanol–water partition coefficient (Wildman–Crippen LogP) is 3.97. The Balaban J connectivity index is 1.94. The number of benzene rings is 1. The number of hydrogen-bond donors (Lipinski definition) is 1. The molecule has 0 atom stereocenters. The minimum absolute atomic E-state index is 0.0485. The molecule has 0 saturated heterocycles. The van der Waals surface area contributed by atoms with E-state index in [9.17, 15) is 10.1 Å². The Bertz CT molecular complexity index is 664. The van der Waals surface area contributed by atoms with E-state index in [1.807, 2.05) is 12.1 Å². The average molecular weight is 283 g/mol. The van der Waals surface area contributed by atoms with Gasteiger partial charge in [-0.05, 0) is 24.3 Å². The van der Waals surface area contributed by atoms with Crippen LogP contribution in [0.5, 0.6) is 0 Å². The maximum Gasteiger partial charge on any atom is 0.275 e. The van der Waals surface area contributed by atoms with Crippen LogP contribution in [0.2, 0.25) is 0 Å². The van der Waals surface area contributed by atoms with E-state index < -0.39 is 4.92 Å². The quantitative estimate of drug-likeness (QED) is 0.681. The number of anilines is 1. The van der Waals surface area contributed by atoms with Crippen LogP contribution >= 0.6 is 0 Å². The summed E-state index contributed by atoms with van der Waals surface area (Å²) < 4.78 is 0. The van der Waals surface area contributed by atoms with Crippen molar-refractivity contribution in [3.8, 4) is 11.3 Å². The predicted molar refractivity (Wildman–Crippen MR) is 82.5 cm³/mol. The van der Waals surface area contributed by atoms with Crippen molar-refractivity contribution in [1.29, 1.82) is 0 Å². The van der Waals surface area contributed by atoms with Gasteiger partial charge in [-0.25, -0.2) is 4.98 Å². The molecule has 0 spiro atoms. The zero-order valence-electron chi connectivity index (χ0n) is 11.9. The molecule has 1 aromatic heterocycles. The molecule has 108 valence electrons. The summed E-state index contributed by atoms with van der Waals surface area (Å²) in [5.74, 6) is 1.19. The van der Waals surface area contributed by atoms with Crippen LogP contribution < -0.4 is 5.32 Å². The van der Waals surface area contributed by atoms with Crippen molar-refractivity contribution in [1.82, 2.24) is 4.98 Å². The lowest BCUT2D eigenvalue weighted by atomic mass is 9.80. The van der Waals surface area contributed by atoms with Crippen molar-refractivity contribution in [2.75, 3.05) is 12.4 Å². The molecule has 21 heavy (non-hydrogen) atoms. The van der Waals surface area contributed by atoms with Crippen LogP contribution in [0.3, 0.4) is 0 Å². The fraction of sp³-hybridized carbons (Fsp3) is 0.312. The van der Waals surface area contributed by atoms with Gasteiger partial charge in [0.2, 0.25) is 0 Å². The van der Waals surface area contributed by atoms with Crippen molar-refractivity contribution in [2.24, 2.45) is 0 Å². The van der Waals surface area contributed by atoms with Gasteiger partial charge in [-0.3, -0.25) is 10.1 Å². The lowest BCUT2D eigenvalue weighted by Crippen LogP contribution is -2.08. The molecule has 0 amide bonds. The van der Waals surface area contributed by atoms with E-state index in [1.165, 1.54) is 37.0 Å². The summed E-state index contributed by atoms with van der Waals surface area (Å²) in [5.41, 5.74) is 2.92. The Kier molecular flexibility index (Phi) is 3.56. The highest BCUT2D eigenvalue weighted by molar-refractivity contribution is 5.65. The first kappa shape index (κ1) is 13.5. The minimum Gasteiger partial charge on any atom is -0.373 e. The number of hydrogen-bond acceptors (Lipinski definition) is 4. The van der Waals surface area contributed by atoms with Crippen LogP contribution in [0, 0.1) is 10.1 Å². The Labute approximate surface area is 123 Å². The molecular weight excluding hydrogens is 266 g/mol. The third-order valence-corrected chi connectivity index (χ3v) is 4.06. The molecular formula is C16H17N3O2. The molecule has 1 aliphatic rings. The molecule has 2 aromatic rings. The van der Waals surface area contributed by atoms with Gasteiger partial charge >= 0.3 is 0 Å². The van der Waals surface area contributed by atoms with E-state index in [-0.39, 0.29) is 5.69 Å². The summed E-state index contributed by atoms with van der Waals surface area (Å²) in [6, 6.07) is 11.2. The number of rotatable bonds is 4. The second kappa shape index (κ2) is 5.52. The van der Waals surface area contributed by atoms with Gasteiger partial charge < -0.3 is 5.32 Å². The minimum atomic E-state index is -0.394. The van der Waals surface area contributed by atoms with Crippen LogP contribution in [0.1, 0.15) is 30.7 Å². The van der Waals surface area contributed by atoms with Crippen LogP contribution in [0.25, 0.3) is 11.3 Å². The van der Waals surface area contributed by atoms with Crippen molar-refractivity contribution >= 4 is 11.5 Å². The molecule has 0 radical (unpaired) electrons. The normalized spacial score (nSPS) is 14.5. The highest BCUT2D eigenvalue weighted by atomic mass is 16.6. The number of pyridine rings is 1. The first-order valence-electron chi connectivity index (χ1n) is 7.12. The van der Waals surface area contributed by atoms with Crippen molar-refractivity contribution in [3.63, 3.8) is 0 Å². The Morgan fingerprint density at radius 3 is 2.48 bits per heavy atom. The van der Waals surface area contributed by atoms with E-state index in [2.05, 4.69) is 22.4 Å². The van der Waals surface area contributed by atoms with Gasteiger partial charge in [0.25, 0.3) is 5.69 Å². The number of nitrogens with zero attached hydrogens (tertiary/aromatic N) is 2. The SMILES string of the molecule is CNc1cc([N+](=O)[O-])cc(-c2ccc(C3CCC3)cc2)n1. The molecule has 1 aliphatic carbocycles. The van der Waals surface area contributed by atoms with Gasteiger partial charge in [-0.2, -0.15) is 0 Å². The van der Waals surface area contributed by atoms with Gasteiger partial charge in [-0.15, -0.1) is 0 Å². The van der Waals surface area contributed by atoms with Crippen LogP contribution in [-0.4, -0.2) is 17.0 Å². The smallest absolute Gasteiger partial charge is 0.275 e. The van der Waals surface area contributed by atoms with Crippen LogP contribution in [-0.2, 0) is 0 Å². The Hall–Kier alpha value is -2.43. The van der Waals surface area contributed by atoms with Gasteiger partial charge in [-0.1, -0.05) is 30.7 Å². The van der Waals surface area contributed by atoms with E-state index in [0.717, 1.165) is 5.56 Å². The second-order valence-electron chi connectivity index (χ2n) is 5.35. The van der Waals surface area contributed by atoms with Gasteiger partial charge in [0.15, 0.2) is 0 Å². The third kappa shape index (κ3) is 2.72. The van der Waals surface area contributed by atoms with Gasteiger partial charge in [0, 0.05) is 18.7 Å². The first-order valence-corrected chi connectivity index (χ1v) is 7.12. The standard InChI is InChI=1S/C16H17N3O2/c1-17-16-10-14(19(20)21)9-15(18-16)13-7-5-12(6-8-13)11-3-2-4-11/h5-11H,2-4H2,1H3,(H,17,18). The van der Waals surface area contributed by atoms with E-state index in [0.29, 0.717) is 17.4 Å². The fourth-order valence-corrected chi connectivity index (χ4v) is 2.57. The number of nitrogens with one attached hydrogen (secondary N) is 1. The zero-order chi connectivity index (χ0) is 14.8. The van der Waals surface area contributed by atoms with E-state index >= 15 is 0 Å². The summed E-state index contributed by atoms with van der Waals surface area (Å²) in [4.78, 5) is 15.0. The van der Waals surface area contributed by atoms with Gasteiger partial charge in [0.1, 0.15) is 5.82 Å². The topological polar surface area (TPSA) is 68.1 Å². The molecule has 0 aliphatic heterocycles. The molecule has 3 rings (SSSR count).